The van der Waals surface area contributed by atoms with Crippen LogP contribution in [0.2, 0.25) is 0 Å². The molecule has 0 aliphatic heterocycles. The van der Waals surface area contributed by atoms with Crippen LogP contribution in [0.3, 0.4) is 0 Å². The van der Waals surface area contributed by atoms with Crippen LogP contribution in [0.15, 0.2) is 382 Å². The summed E-state index contributed by atoms with van der Waals surface area (Å²) in [6.07, 6.45) is 10.4. The van der Waals surface area contributed by atoms with Crippen LogP contribution in [0.25, 0.3) is 144 Å². The van der Waals surface area contributed by atoms with Crippen LogP contribution < -0.4 is 0 Å². The lowest BCUT2D eigenvalue weighted by atomic mass is 9.65. The van der Waals surface area contributed by atoms with Crippen LogP contribution >= 0.6 is 0 Å². The summed E-state index contributed by atoms with van der Waals surface area (Å²) in [6, 6.07) is 118. The molecule has 0 spiro atoms. The minimum Gasteiger partial charge on any atom is -0.283 e. The number of aliphatic imine (C=N–C) groups is 6. The topological polar surface area (TPSA) is 152 Å². The Morgan fingerprint density at radius 1 is 0.205 bits per heavy atom. The van der Waals surface area contributed by atoms with Crippen molar-refractivity contribution in [2.24, 2.45) is 30.0 Å². The molecule has 2 saturated carbocycles. The van der Waals surface area contributed by atoms with Gasteiger partial charge in [-0.15, -0.1) is 0 Å². The monoisotopic (exact) mass is 1710 g/mol. The number of nitrogens with zero attached hydrogens (tertiary/aromatic N) is 12. The SMILES string of the molecule is C/C(=N/C1(C)CC(C)(/N=C(/C)c2ccc(-c3cc4ccccc4cn3)cc2)CC(C)(/N=C(/C)c2ccc(-c3cc4ccc(-c5cccc6nc(-c7ccc(/C(C)=N\C8(C)CC(C)(/N=C(/C)c9ccc(-c%10ccc%11ccccc%11n%10)cc9)CC(C)(/N=C(/C)c9ccc(-c%10ccc%11ccccc%11n%10)cc9)C8)cc7)ccc56)cc4cn3)cc2)C1)c1ccc(-c2cc3ccccc3cn2)cc1. The van der Waals surface area contributed by atoms with Gasteiger partial charge in [0.2, 0.25) is 0 Å². The Hall–Kier alpha value is -14.9. The summed E-state index contributed by atoms with van der Waals surface area (Å²) in [5, 5.41) is 10.1. The molecular weight excluding hydrogens is 1610 g/mol. The third-order valence-corrected chi connectivity index (χ3v) is 27.0. The van der Waals surface area contributed by atoms with Gasteiger partial charge in [0.15, 0.2) is 0 Å². The van der Waals surface area contributed by atoms with Gasteiger partial charge in [-0.1, -0.05) is 273 Å². The Labute approximate surface area is 773 Å². The predicted octanol–water partition coefficient (Wildman–Crippen LogP) is 29.2. The van der Waals surface area contributed by atoms with E-state index in [9.17, 15) is 0 Å². The fourth-order valence-corrected chi connectivity index (χ4v) is 21.9. The first kappa shape index (κ1) is 85.2. The molecule has 2 fully saturated rings. The smallest absolute Gasteiger partial charge is 0.0715 e. The molecule has 6 heterocycles. The van der Waals surface area contributed by atoms with Gasteiger partial charge in [0.25, 0.3) is 0 Å². The van der Waals surface area contributed by atoms with Crippen LogP contribution in [-0.2, 0) is 0 Å². The van der Waals surface area contributed by atoms with E-state index in [1.165, 1.54) is 10.8 Å². The van der Waals surface area contributed by atoms with Crippen molar-refractivity contribution < 1.29 is 0 Å². The summed E-state index contributed by atoms with van der Waals surface area (Å²) < 4.78 is 0. The number of aromatic nitrogens is 6. The number of pyridine rings is 6. The van der Waals surface area contributed by atoms with Gasteiger partial charge in [0.1, 0.15) is 0 Å². The molecule has 132 heavy (non-hydrogen) atoms. The Bertz CT molecular complexity index is 7410. The predicted molar refractivity (Wildman–Crippen MR) is 553 cm³/mol. The number of hydrogen-bond donors (Lipinski definition) is 0. The van der Waals surface area contributed by atoms with Gasteiger partial charge in [-0.25, -0.2) is 15.0 Å². The van der Waals surface area contributed by atoms with Crippen molar-refractivity contribution in [2.45, 2.75) is 155 Å². The Morgan fingerprint density at radius 3 is 0.773 bits per heavy atom. The maximum Gasteiger partial charge on any atom is 0.0715 e. The number of para-hydroxylation sites is 2. The van der Waals surface area contributed by atoms with E-state index in [0.717, 1.165) is 239 Å². The molecule has 6 aromatic heterocycles. The van der Waals surface area contributed by atoms with Gasteiger partial charge >= 0.3 is 0 Å². The summed E-state index contributed by atoms with van der Waals surface area (Å²) in [7, 11) is 0. The average Bonchev–Trinajstić information content (AvgIpc) is 0.752. The van der Waals surface area contributed by atoms with Gasteiger partial charge in [-0.05, 0) is 243 Å². The van der Waals surface area contributed by atoms with Crippen molar-refractivity contribution in [3.8, 4) is 78.7 Å². The highest BCUT2D eigenvalue weighted by molar-refractivity contribution is 6.05. The van der Waals surface area contributed by atoms with E-state index in [-0.39, 0.29) is 0 Å². The largest absolute Gasteiger partial charge is 0.283 e. The molecule has 12 aromatic carbocycles. The van der Waals surface area contributed by atoms with Gasteiger partial charge in [-0.2, -0.15) is 0 Å². The second-order valence-electron chi connectivity index (χ2n) is 38.5. The van der Waals surface area contributed by atoms with E-state index in [1.807, 2.05) is 30.7 Å². The molecule has 12 nitrogen and oxygen atoms in total. The zero-order chi connectivity index (χ0) is 90.7. The third-order valence-electron chi connectivity index (χ3n) is 27.0. The van der Waals surface area contributed by atoms with Crippen molar-refractivity contribution in [1.29, 1.82) is 0 Å². The normalized spacial score (nSPS) is 20.7. The van der Waals surface area contributed by atoms with E-state index in [4.69, 9.17) is 59.9 Å². The van der Waals surface area contributed by atoms with Gasteiger partial charge < -0.3 is 0 Å². The van der Waals surface area contributed by atoms with Crippen LogP contribution in [-0.4, -0.2) is 97.4 Å². The molecule has 18 aromatic rings. The third kappa shape index (κ3) is 18.1. The van der Waals surface area contributed by atoms with E-state index < -0.39 is 33.2 Å². The molecule has 4 unspecified atom stereocenters. The number of fused-ring (bicyclic) bond motifs is 6. The highest BCUT2D eigenvalue weighted by Gasteiger charge is 2.51. The summed E-state index contributed by atoms with van der Waals surface area (Å²) in [5.41, 5.74) is 26.2. The maximum atomic E-state index is 5.75. The first-order valence-electron chi connectivity index (χ1n) is 46.0. The van der Waals surface area contributed by atoms with E-state index >= 15 is 0 Å². The molecule has 0 N–H and O–H groups in total. The molecule has 0 radical (unpaired) electrons. The summed E-state index contributed by atoms with van der Waals surface area (Å²) in [6.45, 7) is 26.7. The fourth-order valence-electron chi connectivity index (χ4n) is 21.9. The Balaban J connectivity index is 0.531. The lowest BCUT2D eigenvalue weighted by Gasteiger charge is -2.48. The lowest BCUT2D eigenvalue weighted by molar-refractivity contribution is 0.148. The van der Waals surface area contributed by atoms with Crippen LogP contribution in [0.5, 0.6) is 0 Å². The molecule has 2 aliphatic carbocycles. The molecule has 20 rings (SSSR count). The maximum absolute atomic E-state index is 5.75. The number of hydrogen-bond acceptors (Lipinski definition) is 12. The van der Waals surface area contributed by atoms with Gasteiger partial charge in [0, 0.05) is 119 Å². The number of rotatable bonds is 19. The second kappa shape index (κ2) is 34.5. The van der Waals surface area contributed by atoms with Gasteiger partial charge in [-0.3, -0.25) is 44.9 Å². The quantitative estimate of drug-likeness (QED) is 0.0735. The van der Waals surface area contributed by atoms with E-state index in [1.54, 1.807) is 0 Å². The van der Waals surface area contributed by atoms with Crippen LogP contribution in [0.4, 0.5) is 0 Å². The van der Waals surface area contributed by atoms with Crippen molar-refractivity contribution in [1.82, 2.24) is 29.9 Å². The first-order valence-corrected chi connectivity index (χ1v) is 46.0. The van der Waals surface area contributed by atoms with Gasteiger partial charge in [0.05, 0.1) is 83.9 Å². The van der Waals surface area contributed by atoms with Crippen molar-refractivity contribution in [3.05, 3.63) is 386 Å². The molecule has 4 atom stereocenters. The summed E-state index contributed by atoms with van der Waals surface area (Å²) >= 11 is 0. The van der Waals surface area contributed by atoms with E-state index in [0.29, 0.717) is 0 Å². The second-order valence-corrected chi connectivity index (χ2v) is 38.5. The number of benzene rings is 12. The Morgan fingerprint density at radius 2 is 0.447 bits per heavy atom. The molecular formula is C120H106N12. The highest BCUT2D eigenvalue weighted by atomic mass is 15.0. The Kier molecular flexibility index (Phi) is 22.3. The highest BCUT2D eigenvalue weighted by Crippen LogP contribution is 2.50. The zero-order valence-electron chi connectivity index (χ0n) is 77.1. The minimum atomic E-state index is -0.521. The first-order chi connectivity index (χ1) is 63.8. The standard InChI is InChI=1S/C120H106N12/c1-77(83-32-44-91(45-33-83)108-61-58-89-22-17-19-29-106(89)124-108)127-115(7)71-116(8,128-78(2)84-34-46-92(47-35-84)109-62-59-90-23-18-20-30-107(90)125-109)73-117(9,72-115)129-79(3)85-36-48-93(49-37-85)110-63-60-105-104(28-21-31-111(105)126-110)100-57-56-99-67-114(123-70-103(99)64-100)96-54-42-88(43-55-96)82(6)132-120(12)75-118(10,130-80(4)86-38-50-94(51-39-86)112-65-97-24-13-15-26-101(97)68-121-112)74-119(11,76-120)131-81(5)87-40-52-95(53-41-87)113-66-98-25-14-16-27-102(98)69-122-113/h13-70H,71-76H2,1-12H3/b127-77-,128-78-,129-79-,130-80-,131-81-,132-82-. The molecule has 12 heteroatoms. The van der Waals surface area contributed by atoms with Crippen molar-refractivity contribution in [2.75, 3.05) is 0 Å². The van der Waals surface area contributed by atoms with E-state index in [2.05, 4.69) is 405 Å². The molecule has 0 amide bonds. The fraction of sp³-hybridized carbons (Fsp3) is 0.200. The molecule has 2 aliphatic rings. The lowest BCUT2D eigenvalue weighted by Crippen LogP contribution is -2.51. The van der Waals surface area contributed by atoms with Crippen LogP contribution in [0, 0.1) is 0 Å². The minimum absolute atomic E-state index is 0.508. The zero-order valence-corrected chi connectivity index (χ0v) is 77.1. The average molecular weight is 1720 g/mol. The van der Waals surface area contributed by atoms with Crippen molar-refractivity contribution >= 4 is 99.3 Å². The van der Waals surface area contributed by atoms with Crippen LogP contribution in [0.1, 0.15) is 155 Å². The molecule has 646 valence electrons. The summed E-state index contributed by atoms with van der Waals surface area (Å²) in [5.74, 6) is 0. The van der Waals surface area contributed by atoms with Crippen molar-refractivity contribution in [3.63, 3.8) is 0 Å². The molecule has 0 bridgehead atoms. The molecule has 0 saturated heterocycles. The summed E-state index contributed by atoms with van der Waals surface area (Å²) in [4.78, 5) is 64.4.